The molecular formula is C18H25NO7S. The Bertz CT molecular complexity index is 760. The van der Waals surface area contributed by atoms with Crippen LogP contribution in [-0.2, 0) is 24.2 Å². The summed E-state index contributed by atoms with van der Waals surface area (Å²) in [6.45, 7) is 3.55. The molecule has 1 heterocycles. The van der Waals surface area contributed by atoms with E-state index in [1.54, 1.807) is 24.3 Å². The summed E-state index contributed by atoms with van der Waals surface area (Å²) in [4.78, 5) is 25.6. The zero-order chi connectivity index (χ0) is 20.0. The minimum absolute atomic E-state index is 0.0588. The molecule has 1 amide bonds. The van der Waals surface area contributed by atoms with Gasteiger partial charge in [-0.1, -0.05) is 0 Å². The molecule has 0 N–H and O–H groups in total. The SMILES string of the molecule is CCOc1ccc(OCC(=O)O[C@@H](C)C(=O)N(C)[C@H]2CCS(=O)(=O)C2)cc1. The van der Waals surface area contributed by atoms with E-state index >= 15 is 0 Å². The first-order valence-corrected chi connectivity index (χ1v) is 10.6. The molecule has 8 nitrogen and oxygen atoms in total. The molecule has 1 saturated heterocycles. The highest BCUT2D eigenvalue weighted by atomic mass is 32.2. The molecule has 1 fully saturated rings. The van der Waals surface area contributed by atoms with Crippen molar-refractivity contribution in [3.63, 3.8) is 0 Å². The average molecular weight is 399 g/mol. The first kappa shape index (κ1) is 21.0. The number of esters is 1. The number of carbonyl (C=O) groups excluding carboxylic acids is 2. The predicted molar refractivity (Wildman–Crippen MR) is 98.5 cm³/mol. The molecule has 0 unspecified atom stereocenters. The Hall–Kier alpha value is -2.29. The van der Waals surface area contributed by atoms with Crippen LogP contribution in [0.2, 0.25) is 0 Å². The lowest BCUT2D eigenvalue weighted by Crippen LogP contribution is -2.44. The summed E-state index contributed by atoms with van der Waals surface area (Å²) < 4.78 is 38.8. The fraction of sp³-hybridized carbons (Fsp3) is 0.556. The molecule has 1 aromatic carbocycles. The van der Waals surface area contributed by atoms with Gasteiger partial charge in [0.25, 0.3) is 5.91 Å². The van der Waals surface area contributed by atoms with Crippen molar-refractivity contribution in [3.8, 4) is 11.5 Å². The number of rotatable bonds is 8. The Kier molecular flexibility index (Phi) is 7.06. The normalized spacial score (nSPS) is 19.1. The van der Waals surface area contributed by atoms with E-state index < -0.39 is 27.8 Å². The molecule has 1 aliphatic heterocycles. The molecule has 0 spiro atoms. The van der Waals surface area contributed by atoms with Gasteiger partial charge in [-0.3, -0.25) is 4.79 Å². The van der Waals surface area contributed by atoms with Crippen molar-refractivity contribution in [2.24, 2.45) is 0 Å². The lowest BCUT2D eigenvalue weighted by Gasteiger charge is -2.26. The molecule has 0 radical (unpaired) electrons. The molecule has 2 rings (SSSR count). The van der Waals surface area contributed by atoms with Crippen molar-refractivity contribution < 1.29 is 32.2 Å². The van der Waals surface area contributed by atoms with Crippen LogP contribution in [0.1, 0.15) is 20.3 Å². The zero-order valence-corrected chi connectivity index (χ0v) is 16.5. The second-order valence-electron chi connectivity index (χ2n) is 6.33. The van der Waals surface area contributed by atoms with Crippen molar-refractivity contribution in [3.05, 3.63) is 24.3 Å². The standard InChI is InChI=1S/C18H25NO7S/c1-4-24-15-5-7-16(8-6-15)25-11-17(20)26-13(2)18(21)19(3)14-9-10-27(22,23)12-14/h5-8,13-14H,4,9-12H2,1-3H3/t13-,14-/m0/s1. The van der Waals surface area contributed by atoms with E-state index in [1.807, 2.05) is 6.92 Å². The summed E-state index contributed by atoms with van der Waals surface area (Å²) in [5.74, 6) is 0.0610. The van der Waals surface area contributed by atoms with Crippen LogP contribution in [-0.4, -0.2) is 69.1 Å². The van der Waals surface area contributed by atoms with Crippen molar-refractivity contribution in [1.82, 2.24) is 4.90 Å². The van der Waals surface area contributed by atoms with Crippen molar-refractivity contribution in [2.75, 3.05) is 31.8 Å². The quantitative estimate of drug-likeness (QED) is 0.602. The molecule has 27 heavy (non-hydrogen) atoms. The van der Waals surface area contributed by atoms with Gasteiger partial charge in [-0.25, -0.2) is 13.2 Å². The fourth-order valence-electron chi connectivity index (χ4n) is 2.77. The van der Waals surface area contributed by atoms with Crippen molar-refractivity contribution >= 4 is 21.7 Å². The van der Waals surface area contributed by atoms with Gasteiger partial charge < -0.3 is 19.1 Å². The van der Waals surface area contributed by atoms with Crippen LogP contribution in [0.3, 0.4) is 0 Å². The zero-order valence-electron chi connectivity index (χ0n) is 15.7. The van der Waals surface area contributed by atoms with Crippen LogP contribution in [0.5, 0.6) is 11.5 Å². The van der Waals surface area contributed by atoms with Crippen molar-refractivity contribution in [1.29, 1.82) is 0 Å². The van der Waals surface area contributed by atoms with Crippen LogP contribution in [0.25, 0.3) is 0 Å². The molecule has 1 aromatic rings. The summed E-state index contributed by atoms with van der Waals surface area (Å²) in [7, 11) is -1.58. The van der Waals surface area contributed by atoms with E-state index in [4.69, 9.17) is 14.2 Å². The number of ether oxygens (including phenoxy) is 3. The minimum Gasteiger partial charge on any atom is -0.494 e. The number of hydrogen-bond donors (Lipinski definition) is 0. The molecular weight excluding hydrogens is 374 g/mol. The molecule has 0 aromatic heterocycles. The first-order chi connectivity index (χ1) is 12.7. The Morgan fingerprint density at radius 1 is 1.19 bits per heavy atom. The highest BCUT2D eigenvalue weighted by Gasteiger charge is 2.34. The van der Waals surface area contributed by atoms with E-state index in [0.29, 0.717) is 24.5 Å². The Morgan fingerprint density at radius 3 is 2.30 bits per heavy atom. The number of benzene rings is 1. The smallest absolute Gasteiger partial charge is 0.344 e. The fourth-order valence-corrected chi connectivity index (χ4v) is 4.54. The molecule has 0 saturated carbocycles. The third kappa shape index (κ3) is 6.13. The lowest BCUT2D eigenvalue weighted by atomic mass is 10.2. The van der Waals surface area contributed by atoms with Crippen molar-refractivity contribution in [2.45, 2.75) is 32.4 Å². The molecule has 0 aliphatic carbocycles. The Labute approximate surface area is 159 Å². The maximum absolute atomic E-state index is 12.3. The monoisotopic (exact) mass is 399 g/mol. The molecule has 9 heteroatoms. The maximum Gasteiger partial charge on any atom is 0.344 e. The number of sulfone groups is 1. The highest BCUT2D eigenvalue weighted by Crippen LogP contribution is 2.19. The van der Waals surface area contributed by atoms with Crippen LogP contribution in [0, 0.1) is 0 Å². The molecule has 150 valence electrons. The van der Waals surface area contributed by atoms with Gasteiger partial charge in [0.1, 0.15) is 11.5 Å². The number of nitrogens with zero attached hydrogens (tertiary/aromatic N) is 1. The summed E-state index contributed by atoms with van der Waals surface area (Å²) in [5, 5.41) is 0. The molecule has 2 atom stereocenters. The molecule has 0 bridgehead atoms. The van der Waals surface area contributed by atoms with E-state index in [1.165, 1.54) is 18.9 Å². The van der Waals surface area contributed by atoms with Gasteiger partial charge >= 0.3 is 5.97 Å². The summed E-state index contributed by atoms with van der Waals surface area (Å²) in [5.41, 5.74) is 0. The second kappa shape index (κ2) is 9.07. The van der Waals surface area contributed by atoms with E-state index in [2.05, 4.69) is 0 Å². The number of carbonyl (C=O) groups is 2. The number of likely N-dealkylation sites (N-methyl/N-ethyl adjacent to an activating group) is 1. The number of amides is 1. The first-order valence-electron chi connectivity index (χ1n) is 8.74. The van der Waals surface area contributed by atoms with Crippen LogP contribution in [0.4, 0.5) is 0 Å². The van der Waals surface area contributed by atoms with Gasteiger partial charge in [0.15, 0.2) is 22.5 Å². The summed E-state index contributed by atoms with van der Waals surface area (Å²) in [6, 6.07) is 6.40. The third-order valence-corrected chi connectivity index (χ3v) is 6.00. The Morgan fingerprint density at radius 2 is 1.78 bits per heavy atom. The van der Waals surface area contributed by atoms with Gasteiger partial charge in [0.05, 0.1) is 18.1 Å². The maximum atomic E-state index is 12.3. The minimum atomic E-state index is -3.10. The Balaban J connectivity index is 1.79. The van der Waals surface area contributed by atoms with Gasteiger partial charge in [-0.05, 0) is 44.5 Å². The van der Waals surface area contributed by atoms with E-state index in [0.717, 1.165) is 0 Å². The third-order valence-electron chi connectivity index (χ3n) is 4.25. The molecule has 1 aliphatic rings. The highest BCUT2D eigenvalue weighted by molar-refractivity contribution is 7.91. The second-order valence-corrected chi connectivity index (χ2v) is 8.56. The summed E-state index contributed by atoms with van der Waals surface area (Å²) >= 11 is 0. The van der Waals surface area contributed by atoms with Gasteiger partial charge in [-0.2, -0.15) is 0 Å². The topological polar surface area (TPSA) is 99.2 Å². The van der Waals surface area contributed by atoms with E-state index in [9.17, 15) is 18.0 Å². The lowest BCUT2D eigenvalue weighted by molar-refractivity contribution is -0.160. The van der Waals surface area contributed by atoms with Crippen LogP contribution < -0.4 is 9.47 Å². The van der Waals surface area contributed by atoms with Crippen LogP contribution >= 0.6 is 0 Å². The number of hydrogen-bond acceptors (Lipinski definition) is 7. The summed E-state index contributed by atoms with van der Waals surface area (Å²) in [6.07, 6.45) is -0.624. The predicted octanol–water partition coefficient (Wildman–Crippen LogP) is 1.04. The largest absolute Gasteiger partial charge is 0.494 e. The van der Waals surface area contributed by atoms with Gasteiger partial charge in [0.2, 0.25) is 0 Å². The van der Waals surface area contributed by atoms with Crippen LogP contribution in [0.15, 0.2) is 24.3 Å². The van der Waals surface area contributed by atoms with Gasteiger partial charge in [0, 0.05) is 13.1 Å². The van der Waals surface area contributed by atoms with Gasteiger partial charge in [-0.15, -0.1) is 0 Å². The van der Waals surface area contributed by atoms with E-state index in [-0.39, 0.29) is 24.2 Å². The average Bonchev–Trinajstić information content (AvgIpc) is 3.00.